The number of benzene rings is 1. The third kappa shape index (κ3) is 5.19. The van der Waals surface area contributed by atoms with Gasteiger partial charge in [0.2, 0.25) is 0 Å². The Kier molecular flexibility index (Phi) is 6.47. The highest BCUT2D eigenvalue weighted by Crippen LogP contribution is 2.40. The average Bonchev–Trinajstić information content (AvgIpc) is 2.93. The van der Waals surface area contributed by atoms with Crippen LogP contribution in [0.3, 0.4) is 0 Å². The van der Waals surface area contributed by atoms with Crippen LogP contribution in [0.1, 0.15) is 48.0 Å². The second kappa shape index (κ2) is 8.61. The first-order valence-electron chi connectivity index (χ1n) is 10.9. The lowest BCUT2D eigenvalue weighted by atomic mass is 9.84. The number of anilines is 1. The summed E-state index contributed by atoms with van der Waals surface area (Å²) in [5, 5.41) is 14.0. The number of hydrogen-bond acceptors (Lipinski definition) is 7. The summed E-state index contributed by atoms with van der Waals surface area (Å²) in [6.07, 6.45) is 0.695. The Labute approximate surface area is 199 Å². The minimum Gasteiger partial charge on any atom is -0.509 e. The van der Waals surface area contributed by atoms with E-state index in [2.05, 4.69) is 30.5 Å². The first kappa shape index (κ1) is 25.5. The maximum absolute atomic E-state index is 13.4. The molecule has 2 aliphatic heterocycles. The van der Waals surface area contributed by atoms with Gasteiger partial charge in [-0.1, -0.05) is 41.5 Å². The largest absolute Gasteiger partial charge is 0.509 e. The standard InChI is InChI=1S/C23H32N4O6S/c1-22(2,3)9-10-27-19(23(4,5)6)18(29)17(21(27)30)20-25-14-8-7-13(33-12-16(24)28)11-15(14)34(31,32)26-20/h7-8,11,19,29H,9-10,12H2,1-6H3,(H2,24,28)(H,25,26)/t19-/m1/s1. The van der Waals surface area contributed by atoms with Gasteiger partial charge in [-0.2, -0.15) is 8.42 Å². The molecule has 2 amide bonds. The van der Waals surface area contributed by atoms with E-state index in [4.69, 9.17) is 10.5 Å². The van der Waals surface area contributed by atoms with Crippen LogP contribution in [-0.2, 0) is 19.6 Å². The molecule has 2 aliphatic rings. The van der Waals surface area contributed by atoms with Crippen LogP contribution in [0.5, 0.6) is 5.75 Å². The first-order valence-corrected chi connectivity index (χ1v) is 12.4. The predicted octanol–water partition coefficient (Wildman–Crippen LogP) is 2.57. The van der Waals surface area contributed by atoms with Gasteiger partial charge in [0, 0.05) is 12.6 Å². The maximum atomic E-state index is 13.4. The van der Waals surface area contributed by atoms with E-state index >= 15 is 0 Å². The summed E-state index contributed by atoms with van der Waals surface area (Å²) >= 11 is 0. The SMILES string of the molecule is CC(C)(C)CCN1C(=O)C(C2=NS(=O)(=O)c3cc(OCC(N)=O)ccc3N2)=C(O)[C@@H]1C(C)(C)C. The van der Waals surface area contributed by atoms with Crippen molar-refractivity contribution in [1.29, 1.82) is 0 Å². The van der Waals surface area contributed by atoms with Gasteiger partial charge >= 0.3 is 0 Å². The van der Waals surface area contributed by atoms with E-state index in [-0.39, 0.29) is 38.9 Å². The summed E-state index contributed by atoms with van der Waals surface area (Å²) in [5.74, 6) is -1.49. The topological polar surface area (TPSA) is 151 Å². The van der Waals surface area contributed by atoms with Crippen molar-refractivity contribution in [3.63, 3.8) is 0 Å². The fourth-order valence-corrected chi connectivity index (χ4v) is 5.07. The van der Waals surface area contributed by atoms with E-state index in [0.29, 0.717) is 13.0 Å². The second-order valence-electron chi connectivity index (χ2n) is 10.8. The Morgan fingerprint density at radius 3 is 2.44 bits per heavy atom. The van der Waals surface area contributed by atoms with Gasteiger partial charge < -0.3 is 25.8 Å². The Bertz CT molecular complexity index is 1190. The van der Waals surface area contributed by atoms with Crippen molar-refractivity contribution in [3.05, 3.63) is 29.5 Å². The molecule has 1 aromatic carbocycles. The highest BCUT2D eigenvalue weighted by Gasteiger charge is 2.48. The molecule has 0 unspecified atom stereocenters. The number of hydrogen-bond donors (Lipinski definition) is 3. The predicted molar refractivity (Wildman–Crippen MR) is 128 cm³/mol. The van der Waals surface area contributed by atoms with Gasteiger partial charge in [-0.25, -0.2) is 0 Å². The summed E-state index contributed by atoms with van der Waals surface area (Å²) in [7, 11) is -4.23. The second-order valence-corrected chi connectivity index (χ2v) is 12.4. The van der Waals surface area contributed by atoms with Crippen LogP contribution >= 0.6 is 0 Å². The number of amidine groups is 1. The van der Waals surface area contributed by atoms with Crippen LogP contribution in [0.25, 0.3) is 0 Å². The van der Waals surface area contributed by atoms with Gasteiger partial charge in [0.1, 0.15) is 22.0 Å². The van der Waals surface area contributed by atoms with Gasteiger partial charge in [0.25, 0.3) is 21.8 Å². The molecule has 0 aliphatic carbocycles. The number of sulfonamides is 1. The molecule has 0 spiro atoms. The van der Waals surface area contributed by atoms with Gasteiger partial charge in [-0.05, 0) is 29.4 Å². The molecule has 0 saturated carbocycles. The lowest BCUT2D eigenvalue weighted by molar-refractivity contribution is -0.128. The fraction of sp³-hybridized carbons (Fsp3) is 0.522. The van der Waals surface area contributed by atoms with Crippen molar-refractivity contribution in [3.8, 4) is 5.75 Å². The molecule has 0 saturated heterocycles. The van der Waals surface area contributed by atoms with E-state index in [1.165, 1.54) is 18.2 Å². The molecular weight excluding hydrogens is 460 g/mol. The van der Waals surface area contributed by atoms with Crippen molar-refractivity contribution in [1.82, 2.24) is 4.90 Å². The highest BCUT2D eigenvalue weighted by atomic mass is 32.2. The van der Waals surface area contributed by atoms with E-state index < -0.39 is 39.9 Å². The van der Waals surface area contributed by atoms with Crippen LogP contribution in [0.15, 0.2) is 38.8 Å². The van der Waals surface area contributed by atoms with Crippen LogP contribution in [0.4, 0.5) is 5.69 Å². The number of nitrogens with zero attached hydrogens (tertiary/aromatic N) is 2. The number of nitrogens with one attached hydrogen (secondary N) is 1. The monoisotopic (exact) mass is 492 g/mol. The smallest absolute Gasteiger partial charge is 0.286 e. The molecule has 4 N–H and O–H groups in total. The summed E-state index contributed by atoms with van der Waals surface area (Å²) in [4.78, 5) is 25.8. The third-order valence-electron chi connectivity index (χ3n) is 5.54. The Hall–Kier alpha value is -3.08. The minimum absolute atomic E-state index is 0.0434. The number of nitrogens with two attached hydrogens (primary N) is 1. The molecule has 1 atom stereocenters. The fourth-order valence-electron chi connectivity index (χ4n) is 3.93. The van der Waals surface area contributed by atoms with Gasteiger partial charge in [0.05, 0.1) is 11.7 Å². The summed E-state index contributed by atoms with van der Waals surface area (Å²) in [6, 6.07) is 3.49. The molecular formula is C23H32N4O6S. The molecule has 186 valence electrons. The van der Waals surface area contributed by atoms with Crippen LogP contribution in [0, 0.1) is 10.8 Å². The zero-order valence-electron chi connectivity index (χ0n) is 20.3. The molecule has 3 rings (SSSR count). The Morgan fingerprint density at radius 1 is 1.24 bits per heavy atom. The van der Waals surface area contributed by atoms with Gasteiger partial charge in [-0.3, -0.25) is 9.59 Å². The van der Waals surface area contributed by atoms with E-state index in [1.807, 2.05) is 20.8 Å². The number of rotatable bonds is 6. The van der Waals surface area contributed by atoms with Crippen LogP contribution in [-0.4, -0.2) is 55.3 Å². The molecule has 0 radical (unpaired) electrons. The molecule has 11 heteroatoms. The van der Waals surface area contributed by atoms with Crippen molar-refractivity contribution >= 4 is 33.4 Å². The van der Waals surface area contributed by atoms with Crippen LogP contribution in [0.2, 0.25) is 0 Å². The van der Waals surface area contributed by atoms with Crippen molar-refractivity contribution in [2.45, 2.75) is 58.9 Å². The van der Waals surface area contributed by atoms with Crippen molar-refractivity contribution < 1.29 is 27.9 Å². The van der Waals surface area contributed by atoms with Gasteiger partial charge in [-0.15, -0.1) is 4.40 Å². The van der Waals surface area contributed by atoms with Crippen LogP contribution < -0.4 is 15.8 Å². The number of aliphatic hydroxyl groups is 1. The minimum atomic E-state index is -4.23. The Morgan fingerprint density at radius 2 is 1.88 bits per heavy atom. The quantitative estimate of drug-likeness (QED) is 0.552. The zero-order valence-corrected chi connectivity index (χ0v) is 21.1. The van der Waals surface area contributed by atoms with Crippen molar-refractivity contribution in [2.75, 3.05) is 18.5 Å². The van der Waals surface area contributed by atoms with E-state index in [0.717, 1.165) is 0 Å². The lowest BCUT2D eigenvalue weighted by Crippen LogP contribution is -2.45. The summed E-state index contributed by atoms with van der Waals surface area (Å²) < 4.78 is 34.9. The molecule has 10 nitrogen and oxygen atoms in total. The maximum Gasteiger partial charge on any atom is 0.286 e. The number of fused-ring (bicyclic) bond motifs is 1. The Balaban J connectivity index is 2.00. The number of carbonyl (C=O) groups excluding carboxylic acids is 2. The molecule has 1 aromatic rings. The summed E-state index contributed by atoms with van der Waals surface area (Å²) in [6.45, 7) is 11.9. The van der Waals surface area contributed by atoms with E-state index in [9.17, 15) is 23.1 Å². The molecule has 0 bridgehead atoms. The molecule has 0 fully saturated rings. The number of ether oxygens (including phenoxy) is 1. The molecule has 34 heavy (non-hydrogen) atoms. The molecule has 2 heterocycles. The number of primary amides is 1. The van der Waals surface area contributed by atoms with Gasteiger partial charge in [0.15, 0.2) is 12.4 Å². The van der Waals surface area contributed by atoms with E-state index in [1.54, 1.807) is 4.90 Å². The average molecular weight is 493 g/mol. The first-order chi connectivity index (χ1) is 15.5. The lowest BCUT2D eigenvalue weighted by Gasteiger charge is -2.36. The normalized spacial score (nSPS) is 20.1. The number of aliphatic hydroxyl groups excluding tert-OH is 1. The molecule has 0 aromatic heterocycles. The number of amides is 2. The zero-order chi connectivity index (χ0) is 25.6. The highest BCUT2D eigenvalue weighted by molar-refractivity contribution is 7.90. The number of carbonyl (C=O) groups is 2. The summed E-state index contributed by atoms with van der Waals surface area (Å²) in [5.41, 5.74) is 4.53. The third-order valence-corrected chi connectivity index (χ3v) is 6.85. The van der Waals surface area contributed by atoms with Crippen molar-refractivity contribution in [2.24, 2.45) is 21.0 Å².